The maximum absolute atomic E-state index is 12.5. The van der Waals surface area contributed by atoms with Crippen molar-refractivity contribution < 1.29 is 9.53 Å². The van der Waals surface area contributed by atoms with Crippen LogP contribution in [0.15, 0.2) is 36.5 Å². The number of nitrogens with one attached hydrogen (secondary N) is 1. The fourth-order valence-corrected chi connectivity index (χ4v) is 3.40. The zero-order valence-corrected chi connectivity index (χ0v) is 17.2. The van der Waals surface area contributed by atoms with Gasteiger partial charge in [0.05, 0.1) is 5.69 Å². The molecular weight excluding hydrogens is 366 g/mol. The van der Waals surface area contributed by atoms with Gasteiger partial charge in [0.2, 0.25) is 17.7 Å². The molecule has 4 rings (SSSR count). The summed E-state index contributed by atoms with van der Waals surface area (Å²) < 4.78 is 7.90. The predicted octanol–water partition coefficient (Wildman–Crippen LogP) is 4.51. The number of rotatable bonds is 6. The van der Waals surface area contributed by atoms with Crippen molar-refractivity contribution in [1.29, 1.82) is 0 Å². The van der Waals surface area contributed by atoms with Crippen molar-refractivity contribution in [3.05, 3.63) is 42.2 Å². The summed E-state index contributed by atoms with van der Waals surface area (Å²) >= 11 is 0. The molecule has 0 radical (unpaired) electrons. The molecule has 152 valence electrons. The van der Waals surface area contributed by atoms with Crippen molar-refractivity contribution in [3.63, 3.8) is 0 Å². The number of ether oxygens (including phenoxy) is 1. The summed E-state index contributed by atoms with van der Waals surface area (Å²) in [6.07, 6.45) is 5.48. The van der Waals surface area contributed by atoms with Crippen LogP contribution in [-0.4, -0.2) is 25.4 Å². The molecule has 0 unspecified atom stereocenters. The fraction of sp³-hybridized carbons (Fsp3) is 0.455. The Hall–Kier alpha value is -2.96. The van der Waals surface area contributed by atoms with Gasteiger partial charge in [-0.15, -0.1) is 0 Å². The number of hydrogen-bond donors (Lipinski definition) is 1. The summed E-state index contributed by atoms with van der Waals surface area (Å²) in [4.78, 5) is 26.1. The average Bonchev–Trinajstić information content (AvgIpc) is 2.95. The minimum Gasteiger partial charge on any atom is -0.471 e. The molecule has 1 aliphatic rings. The lowest BCUT2D eigenvalue weighted by molar-refractivity contribution is -0.117. The minimum absolute atomic E-state index is 0.0278. The van der Waals surface area contributed by atoms with Crippen LogP contribution in [-0.2, 0) is 11.4 Å². The summed E-state index contributed by atoms with van der Waals surface area (Å²) in [7, 11) is 0. The highest BCUT2D eigenvalue weighted by atomic mass is 16.5. The van der Waals surface area contributed by atoms with E-state index in [-0.39, 0.29) is 11.3 Å². The number of amides is 1. The van der Waals surface area contributed by atoms with Gasteiger partial charge in [-0.2, -0.15) is 4.98 Å². The smallest absolute Gasteiger partial charge is 0.227 e. The van der Waals surface area contributed by atoms with E-state index in [9.17, 15) is 4.79 Å². The minimum atomic E-state index is -0.0812. The second kappa shape index (κ2) is 7.81. The third kappa shape index (κ3) is 4.55. The third-order valence-electron chi connectivity index (χ3n) is 4.99. The van der Waals surface area contributed by atoms with Gasteiger partial charge in [-0.05, 0) is 42.9 Å². The topological polar surface area (TPSA) is 81.9 Å². The monoisotopic (exact) mass is 393 g/mol. The molecule has 3 aromatic rings. The number of fused-ring (bicyclic) bond motifs is 1. The number of anilines is 1. The van der Waals surface area contributed by atoms with Gasteiger partial charge < -0.3 is 4.74 Å². The zero-order valence-electron chi connectivity index (χ0n) is 17.2. The third-order valence-corrected chi connectivity index (χ3v) is 4.99. The lowest BCUT2D eigenvalue weighted by atomic mass is 9.92. The molecular formula is C22H27N5O2. The van der Waals surface area contributed by atoms with E-state index in [1.165, 1.54) is 6.42 Å². The summed E-state index contributed by atoms with van der Waals surface area (Å²) in [5, 5.41) is 3.01. The van der Waals surface area contributed by atoms with E-state index in [2.05, 4.69) is 19.9 Å². The highest BCUT2D eigenvalue weighted by molar-refractivity contribution is 5.91. The lowest BCUT2D eigenvalue weighted by Crippen LogP contribution is -2.24. The highest BCUT2D eigenvalue weighted by Gasteiger charge is 2.27. The molecule has 7 nitrogen and oxygen atoms in total. The summed E-state index contributed by atoms with van der Waals surface area (Å²) in [5.41, 5.74) is 2.27. The molecule has 1 aliphatic carbocycles. The highest BCUT2D eigenvalue weighted by Crippen LogP contribution is 2.37. The van der Waals surface area contributed by atoms with Crippen molar-refractivity contribution in [1.82, 2.24) is 19.5 Å². The fourth-order valence-electron chi connectivity index (χ4n) is 3.40. The number of carbonyl (C=O) groups excluding carboxylic acids is 1. The van der Waals surface area contributed by atoms with Gasteiger partial charge in [0.15, 0.2) is 5.65 Å². The van der Waals surface area contributed by atoms with Gasteiger partial charge in [0, 0.05) is 24.7 Å². The first-order chi connectivity index (χ1) is 13.9. The summed E-state index contributed by atoms with van der Waals surface area (Å²) in [5.74, 6) is 1.07. The second-order valence-electron chi connectivity index (χ2n) is 8.78. The Kier molecular flexibility index (Phi) is 5.22. The molecule has 7 heteroatoms. The van der Waals surface area contributed by atoms with Crippen LogP contribution in [0.1, 0.15) is 58.2 Å². The van der Waals surface area contributed by atoms with E-state index in [0.717, 1.165) is 29.7 Å². The average molecular weight is 393 g/mol. The molecule has 3 heterocycles. The molecule has 0 atom stereocenters. The van der Waals surface area contributed by atoms with Crippen LogP contribution in [0.25, 0.3) is 11.2 Å². The molecule has 1 fully saturated rings. The molecule has 3 aromatic heterocycles. The molecule has 29 heavy (non-hydrogen) atoms. The van der Waals surface area contributed by atoms with E-state index in [0.29, 0.717) is 30.9 Å². The predicted molar refractivity (Wildman–Crippen MR) is 112 cm³/mol. The lowest BCUT2D eigenvalue weighted by Gasteiger charge is -2.28. The Balaban J connectivity index is 1.60. The molecule has 0 bridgehead atoms. The molecule has 1 saturated carbocycles. The van der Waals surface area contributed by atoms with Gasteiger partial charge in [0.25, 0.3) is 0 Å². The van der Waals surface area contributed by atoms with Gasteiger partial charge in [-0.3, -0.25) is 19.7 Å². The number of aromatic nitrogens is 4. The van der Waals surface area contributed by atoms with E-state index < -0.39 is 0 Å². The summed E-state index contributed by atoms with van der Waals surface area (Å²) in [6, 6.07) is 9.74. The van der Waals surface area contributed by atoms with Crippen LogP contribution in [0.3, 0.4) is 0 Å². The molecule has 0 spiro atoms. The van der Waals surface area contributed by atoms with Crippen LogP contribution in [0.4, 0.5) is 5.95 Å². The van der Waals surface area contributed by atoms with E-state index in [4.69, 9.17) is 9.72 Å². The van der Waals surface area contributed by atoms with Gasteiger partial charge >= 0.3 is 0 Å². The van der Waals surface area contributed by atoms with E-state index in [1.54, 1.807) is 6.20 Å². The van der Waals surface area contributed by atoms with Crippen molar-refractivity contribution in [2.45, 2.75) is 59.1 Å². The normalized spacial score (nSPS) is 14.6. The van der Waals surface area contributed by atoms with Crippen molar-refractivity contribution in [3.8, 4) is 5.88 Å². The van der Waals surface area contributed by atoms with E-state index in [1.807, 2.05) is 51.1 Å². The van der Waals surface area contributed by atoms with Crippen LogP contribution in [0, 0.1) is 5.41 Å². The first-order valence-corrected chi connectivity index (χ1v) is 10.1. The zero-order chi connectivity index (χ0) is 20.4. The number of imidazole rings is 1. The molecule has 1 N–H and O–H groups in total. The quantitative estimate of drug-likeness (QED) is 0.666. The first kappa shape index (κ1) is 19.4. The maximum atomic E-state index is 12.5. The molecule has 0 aliphatic heterocycles. The van der Waals surface area contributed by atoms with Crippen molar-refractivity contribution >= 4 is 23.0 Å². The Labute approximate surface area is 170 Å². The van der Waals surface area contributed by atoms with Crippen LogP contribution in [0.2, 0.25) is 0 Å². The van der Waals surface area contributed by atoms with Crippen molar-refractivity contribution in [2.75, 3.05) is 5.32 Å². The summed E-state index contributed by atoms with van der Waals surface area (Å²) in [6.45, 7) is 6.50. The van der Waals surface area contributed by atoms with Gasteiger partial charge in [0.1, 0.15) is 12.1 Å². The number of carbonyl (C=O) groups is 1. The van der Waals surface area contributed by atoms with Crippen LogP contribution < -0.4 is 10.1 Å². The van der Waals surface area contributed by atoms with Gasteiger partial charge in [-0.25, -0.2) is 4.98 Å². The standard InChI is InChI=1S/C22H27N5O2/c1-22(2,3)13-18(28)25-21-24-17-10-11-19(29-14-15-7-4-5-12-23-15)26-20(17)27(21)16-8-6-9-16/h4-5,7,10-12,16H,6,8-9,13-14H2,1-3H3,(H,24,25,28). The van der Waals surface area contributed by atoms with E-state index >= 15 is 0 Å². The number of pyridine rings is 2. The Morgan fingerprint density at radius 1 is 1.21 bits per heavy atom. The number of nitrogens with zero attached hydrogens (tertiary/aromatic N) is 4. The SMILES string of the molecule is CC(C)(C)CC(=O)Nc1nc2ccc(OCc3ccccn3)nc2n1C1CCC1. The Morgan fingerprint density at radius 2 is 2.03 bits per heavy atom. The first-order valence-electron chi connectivity index (χ1n) is 10.1. The molecule has 0 saturated heterocycles. The Morgan fingerprint density at radius 3 is 2.69 bits per heavy atom. The van der Waals surface area contributed by atoms with Crippen molar-refractivity contribution in [2.24, 2.45) is 5.41 Å². The maximum Gasteiger partial charge on any atom is 0.227 e. The number of hydrogen-bond acceptors (Lipinski definition) is 5. The van der Waals surface area contributed by atoms with Crippen LogP contribution >= 0.6 is 0 Å². The van der Waals surface area contributed by atoms with Gasteiger partial charge in [-0.1, -0.05) is 26.8 Å². The molecule has 0 aromatic carbocycles. The second-order valence-corrected chi connectivity index (χ2v) is 8.78. The Bertz CT molecular complexity index is 1000. The molecule has 1 amide bonds. The van der Waals surface area contributed by atoms with Crippen LogP contribution in [0.5, 0.6) is 5.88 Å². The largest absolute Gasteiger partial charge is 0.471 e.